The van der Waals surface area contributed by atoms with Gasteiger partial charge in [-0.2, -0.15) is 0 Å². The molecule has 0 N–H and O–H groups in total. The van der Waals surface area contributed by atoms with Crippen LogP contribution in [-0.4, -0.2) is 10.4 Å². The molecule has 0 saturated heterocycles. The summed E-state index contributed by atoms with van der Waals surface area (Å²) in [4.78, 5) is 15.2. The summed E-state index contributed by atoms with van der Waals surface area (Å²) in [5.41, 5.74) is 0. The predicted molar refractivity (Wildman–Crippen MR) is 106 cm³/mol. The number of para-hydroxylation sites is 1. The van der Waals surface area contributed by atoms with Crippen LogP contribution >= 0.6 is 22.6 Å². The molecule has 0 aliphatic carbocycles. The van der Waals surface area contributed by atoms with E-state index in [0.717, 1.165) is 4.90 Å². The average molecular weight is 447 g/mol. The van der Waals surface area contributed by atoms with Crippen molar-refractivity contribution in [1.82, 2.24) is 0 Å². The highest BCUT2D eigenvalue weighted by Gasteiger charge is 2.32. The second-order valence-corrected chi connectivity index (χ2v) is 7.74. The Morgan fingerprint density at radius 2 is 1.29 bits per heavy atom. The summed E-state index contributed by atoms with van der Waals surface area (Å²) in [5.74, 6) is 0.405. The number of esters is 1. The fourth-order valence-corrected chi connectivity index (χ4v) is 4.68. The molecule has 0 aliphatic heterocycles. The molecule has 0 unspecified atom stereocenters. The zero-order valence-electron chi connectivity index (χ0n) is 12.9. The van der Waals surface area contributed by atoms with E-state index < -0.39 is 0 Å². The lowest BCUT2D eigenvalue weighted by Crippen LogP contribution is -2.12. The highest BCUT2D eigenvalue weighted by atomic mass is 127. The SMILES string of the molecule is O=C(CI)Oc1ccccc1[S+](c1ccccc1)c1ccccc1. The molecule has 3 aromatic rings. The van der Waals surface area contributed by atoms with Crippen molar-refractivity contribution in [2.75, 3.05) is 4.43 Å². The summed E-state index contributed by atoms with van der Waals surface area (Å²) >= 11 is 2.02. The van der Waals surface area contributed by atoms with Gasteiger partial charge in [0.05, 0.1) is 4.43 Å². The van der Waals surface area contributed by atoms with E-state index in [2.05, 4.69) is 24.3 Å². The van der Waals surface area contributed by atoms with Crippen LogP contribution in [0.5, 0.6) is 5.75 Å². The first-order chi connectivity index (χ1) is 11.8. The maximum Gasteiger partial charge on any atom is 0.321 e. The fraction of sp³-hybridized carbons (Fsp3) is 0.0500. The number of carbonyl (C=O) groups excluding carboxylic acids is 1. The van der Waals surface area contributed by atoms with Gasteiger partial charge < -0.3 is 4.74 Å². The lowest BCUT2D eigenvalue weighted by Gasteiger charge is -2.11. The number of benzene rings is 3. The van der Waals surface area contributed by atoms with Gasteiger partial charge in [0.1, 0.15) is 10.9 Å². The van der Waals surface area contributed by atoms with Crippen LogP contribution in [0.3, 0.4) is 0 Å². The highest BCUT2D eigenvalue weighted by molar-refractivity contribution is 14.1. The molecule has 0 heterocycles. The van der Waals surface area contributed by atoms with Crippen molar-refractivity contribution in [2.24, 2.45) is 0 Å². The van der Waals surface area contributed by atoms with E-state index in [9.17, 15) is 4.79 Å². The Kier molecular flexibility index (Phi) is 5.93. The van der Waals surface area contributed by atoms with Crippen molar-refractivity contribution in [2.45, 2.75) is 14.7 Å². The van der Waals surface area contributed by atoms with Gasteiger partial charge in [0.15, 0.2) is 15.5 Å². The van der Waals surface area contributed by atoms with Crippen molar-refractivity contribution < 1.29 is 9.53 Å². The average Bonchev–Trinajstić information content (AvgIpc) is 2.65. The second-order valence-electron chi connectivity index (χ2n) is 4.99. The Bertz CT molecular complexity index is 767. The molecule has 3 rings (SSSR count). The summed E-state index contributed by atoms with van der Waals surface area (Å²) in [7, 11) is -0.324. The maximum atomic E-state index is 11.8. The van der Waals surface area contributed by atoms with Gasteiger partial charge in [0, 0.05) is 0 Å². The van der Waals surface area contributed by atoms with E-state index in [1.54, 1.807) is 0 Å². The number of ether oxygens (including phenoxy) is 1. The molecular formula is C20H16IO2S+. The van der Waals surface area contributed by atoms with Gasteiger partial charge in [-0.25, -0.2) is 0 Å². The Hall–Kier alpha value is -1.79. The van der Waals surface area contributed by atoms with E-state index in [4.69, 9.17) is 4.74 Å². The molecule has 120 valence electrons. The molecule has 0 amide bonds. The minimum atomic E-state index is -0.324. The monoisotopic (exact) mass is 447 g/mol. The first-order valence-electron chi connectivity index (χ1n) is 7.49. The summed E-state index contributed by atoms with van der Waals surface area (Å²) in [6.45, 7) is 0. The minimum Gasteiger partial charge on any atom is -0.421 e. The molecule has 4 heteroatoms. The first-order valence-corrected chi connectivity index (χ1v) is 10.2. The van der Waals surface area contributed by atoms with Gasteiger partial charge >= 0.3 is 5.97 Å². The number of hydrogen-bond donors (Lipinski definition) is 0. The van der Waals surface area contributed by atoms with Crippen LogP contribution in [0.2, 0.25) is 0 Å². The Morgan fingerprint density at radius 3 is 1.83 bits per heavy atom. The molecule has 0 aliphatic rings. The van der Waals surface area contributed by atoms with Crippen LogP contribution < -0.4 is 4.74 Å². The Balaban J connectivity index is 2.12. The van der Waals surface area contributed by atoms with Crippen LogP contribution in [0.15, 0.2) is 99.6 Å². The smallest absolute Gasteiger partial charge is 0.321 e. The van der Waals surface area contributed by atoms with E-state index in [1.807, 2.05) is 83.3 Å². The third-order valence-corrected chi connectivity index (χ3v) is 6.25. The van der Waals surface area contributed by atoms with Crippen LogP contribution in [0.4, 0.5) is 0 Å². The summed E-state index contributed by atoms with van der Waals surface area (Å²) in [5, 5.41) is 0. The maximum absolute atomic E-state index is 11.8. The minimum absolute atomic E-state index is 0.229. The van der Waals surface area contributed by atoms with Crippen molar-refractivity contribution in [3.63, 3.8) is 0 Å². The fourth-order valence-electron chi connectivity index (χ4n) is 2.36. The number of rotatable bonds is 5. The van der Waals surface area contributed by atoms with E-state index in [1.165, 1.54) is 9.79 Å². The molecule has 3 aromatic carbocycles. The first kappa shape index (κ1) is 17.0. The van der Waals surface area contributed by atoms with Crippen LogP contribution in [0, 0.1) is 0 Å². The zero-order valence-corrected chi connectivity index (χ0v) is 15.9. The van der Waals surface area contributed by atoms with Gasteiger partial charge in [-0.1, -0.05) is 71.1 Å². The molecule has 0 fully saturated rings. The topological polar surface area (TPSA) is 26.3 Å². The van der Waals surface area contributed by atoms with E-state index >= 15 is 0 Å². The van der Waals surface area contributed by atoms with Crippen molar-refractivity contribution in [3.05, 3.63) is 84.9 Å². The molecular weight excluding hydrogens is 431 g/mol. The number of halogens is 1. The van der Waals surface area contributed by atoms with Gasteiger partial charge in [0.25, 0.3) is 0 Å². The van der Waals surface area contributed by atoms with E-state index in [0.29, 0.717) is 10.2 Å². The van der Waals surface area contributed by atoms with Gasteiger partial charge in [0.2, 0.25) is 4.90 Å². The highest BCUT2D eigenvalue weighted by Crippen LogP contribution is 2.36. The molecule has 0 spiro atoms. The van der Waals surface area contributed by atoms with Gasteiger partial charge in [-0.15, -0.1) is 0 Å². The van der Waals surface area contributed by atoms with Gasteiger partial charge in [-0.05, 0) is 36.4 Å². The molecule has 2 nitrogen and oxygen atoms in total. The largest absolute Gasteiger partial charge is 0.421 e. The number of hydrogen-bond acceptors (Lipinski definition) is 2. The zero-order chi connectivity index (χ0) is 16.8. The van der Waals surface area contributed by atoms with Crippen LogP contribution in [-0.2, 0) is 15.7 Å². The molecule has 0 atom stereocenters. The van der Waals surface area contributed by atoms with Crippen molar-refractivity contribution in [3.8, 4) is 5.75 Å². The van der Waals surface area contributed by atoms with Crippen molar-refractivity contribution >= 4 is 39.5 Å². The summed E-state index contributed by atoms with van der Waals surface area (Å²) < 4.78 is 5.91. The molecule has 0 bridgehead atoms. The third kappa shape index (κ3) is 3.99. The lowest BCUT2D eigenvalue weighted by atomic mass is 10.3. The second kappa shape index (κ2) is 8.35. The third-order valence-electron chi connectivity index (χ3n) is 3.36. The quantitative estimate of drug-likeness (QED) is 0.178. The normalized spacial score (nSPS) is 10.6. The number of alkyl halides is 1. The van der Waals surface area contributed by atoms with Crippen LogP contribution in [0.25, 0.3) is 0 Å². The van der Waals surface area contributed by atoms with E-state index in [-0.39, 0.29) is 16.9 Å². The number of carbonyl (C=O) groups is 1. The van der Waals surface area contributed by atoms with Crippen LogP contribution in [0.1, 0.15) is 0 Å². The van der Waals surface area contributed by atoms with Crippen molar-refractivity contribution in [1.29, 1.82) is 0 Å². The molecule has 0 aromatic heterocycles. The molecule has 24 heavy (non-hydrogen) atoms. The summed E-state index contributed by atoms with van der Waals surface area (Å²) in [6.07, 6.45) is 0. The molecule has 0 saturated carbocycles. The predicted octanol–water partition coefficient (Wildman–Crippen LogP) is 5.12. The lowest BCUT2D eigenvalue weighted by molar-refractivity contribution is -0.131. The standard InChI is InChI=1S/C20H16IO2S/c21-15-20(22)23-18-13-7-8-14-19(18)24(16-9-3-1-4-10-16)17-11-5-2-6-12-17/h1-14H,15H2/q+1. The summed E-state index contributed by atoms with van der Waals surface area (Å²) in [6, 6.07) is 28.4. The Morgan fingerprint density at radius 1 is 0.792 bits per heavy atom. The van der Waals surface area contributed by atoms with Gasteiger partial charge in [-0.3, -0.25) is 4.79 Å². The Labute approximate surface area is 158 Å². The molecule has 0 radical (unpaired) electrons.